The first-order valence-corrected chi connectivity index (χ1v) is 11.0. The molecule has 33 heavy (non-hydrogen) atoms. The lowest BCUT2D eigenvalue weighted by Crippen LogP contribution is -2.33. The maximum atomic E-state index is 13.2. The maximum Gasteiger partial charge on any atom is 0.387 e. The van der Waals surface area contributed by atoms with Gasteiger partial charge in [0.25, 0.3) is 0 Å². The molecule has 3 rings (SSSR count). The molecule has 6 nitrogen and oxygen atoms in total. The number of rotatable bonds is 12. The Balaban J connectivity index is 1.73. The predicted molar refractivity (Wildman–Crippen MR) is 122 cm³/mol. The average molecular weight is 478 g/mol. The van der Waals surface area contributed by atoms with Gasteiger partial charge in [-0.15, -0.1) is 0 Å². The van der Waals surface area contributed by atoms with Crippen molar-refractivity contribution in [2.24, 2.45) is 0 Å². The molecule has 0 fully saturated rings. The normalized spacial score (nSPS) is 10.9. The fourth-order valence-corrected chi connectivity index (χ4v) is 3.67. The van der Waals surface area contributed by atoms with E-state index < -0.39 is 6.61 Å². The van der Waals surface area contributed by atoms with Crippen LogP contribution in [0.25, 0.3) is 0 Å². The number of halogens is 3. The number of alkyl halides is 2. The van der Waals surface area contributed by atoms with Crippen molar-refractivity contribution in [3.63, 3.8) is 0 Å². The molecule has 9 heteroatoms. The highest BCUT2D eigenvalue weighted by Crippen LogP contribution is 2.27. The Hall–Kier alpha value is -3.13. The molecular weight excluding hydrogens is 452 g/mol. The monoisotopic (exact) mass is 477 g/mol. The minimum atomic E-state index is -2.97. The number of nitrogens with zero attached hydrogens (tertiary/aromatic N) is 3. The number of hydrogen-bond donors (Lipinski definition) is 0. The molecule has 0 radical (unpaired) electrons. The predicted octanol–water partition coefficient (Wildman–Crippen LogP) is 5.20. The molecule has 0 saturated carbocycles. The number of aryl methyl sites for hydroxylation is 1. The lowest BCUT2D eigenvalue weighted by molar-refractivity contribution is -0.131. The molecule has 0 saturated heterocycles. The molecule has 176 valence electrons. The van der Waals surface area contributed by atoms with E-state index >= 15 is 0 Å². The van der Waals surface area contributed by atoms with Gasteiger partial charge in [0, 0.05) is 37.6 Å². The van der Waals surface area contributed by atoms with E-state index in [9.17, 15) is 13.6 Å². The lowest BCUT2D eigenvalue weighted by atomic mass is 10.1. The van der Waals surface area contributed by atoms with Crippen molar-refractivity contribution >= 4 is 17.5 Å². The van der Waals surface area contributed by atoms with Crippen LogP contribution in [-0.4, -0.2) is 40.1 Å². The lowest BCUT2D eigenvalue weighted by Gasteiger charge is -2.24. The second kappa shape index (κ2) is 12.2. The van der Waals surface area contributed by atoms with Crippen LogP contribution in [0.4, 0.5) is 8.78 Å². The third-order valence-electron chi connectivity index (χ3n) is 4.96. The molecule has 1 amide bonds. The summed E-state index contributed by atoms with van der Waals surface area (Å²) in [6.07, 6.45) is 6.15. The summed E-state index contributed by atoms with van der Waals surface area (Å²) in [5, 5.41) is 0.0361. The fourth-order valence-electron chi connectivity index (χ4n) is 3.42. The number of hydrogen-bond acceptors (Lipinski definition) is 4. The number of benzene rings is 2. The molecule has 0 bridgehead atoms. The third kappa shape index (κ3) is 7.46. The van der Waals surface area contributed by atoms with Crippen molar-refractivity contribution < 1.29 is 23.0 Å². The highest BCUT2D eigenvalue weighted by Gasteiger charge is 2.18. The SMILES string of the molecule is CCOc1ccccc1CN(CCCn1ccnc1)C(=O)Cc1ccc(OC(F)F)c(Cl)c1. The Morgan fingerprint density at radius 2 is 2.03 bits per heavy atom. The molecule has 2 aromatic carbocycles. The maximum absolute atomic E-state index is 13.2. The molecule has 0 N–H and O–H groups in total. The molecule has 1 heterocycles. The van der Waals surface area contributed by atoms with Crippen LogP contribution in [0.5, 0.6) is 11.5 Å². The fraction of sp³-hybridized carbons (Fsp3) is 0.333. The van der Waals surface area contributed by atoms with E-state index in [1.165, 1.54) is 12.1 Å². The zero-order valence-corrected chi connectivity index (χ0v) is 19.0. The van der Waals surface area contributed by atoms with Crippen molar-refractivity contribution in [1.29, 1.82) is 0 Å². The molecule has 0 atom stereocenters. The second-order valence-corrected chi connectivity index (χ2v) is 7.74. The molecular formula is C24H26ClF2N3O3. The van der Waals surface area contributed by atoms with E-state index in [2.05, 4.69) is 9.72 Å². The Kier molecular flexibility index (Phi) is 9.06. The van der Waals surface area contributed by atoms with Crippen LogP contribution in [0.2, 0.25) is 5.02 Å². The summed E-state index contributed by atoms with van der Waals surface area (Å²) >= 11 is 6.05. The number of carbonyl (C=O) groups excluding carboxylic acids is 1. The van der Waals surface area contributed by atoms with Gasteiger partial charge in [0.15, 0.2) is 0 Å². The van der Waals surface area contributed by atoms with Crippen LogP contribution in [0.15, 0.2) is 61.2 Å². The first kappa shape index (κ1) is 24.5. The number of ether oxygens (including phenoxy) is 2. The Labute approximate surface area is 196 Å². The zero-order chi connectivity index (χ0) is 23.6. The van der Waals surface area contributed by atoms with E-state index in [4.69, 9.17) is 16.3 Å². The first-order valence-electron chi connectivity index (χ1n) is 10.6. The number of imidazole rings is 1. The summed E-state index contributed by atoms with van der Waals surface area (Å²) in [5.74, 6) is 0.514. The molecule has 3 aromatic rings. The third-order valence-corrected chi connectivity index (χ3v) is 5.25. The average Bonchev–Trinajstić information content (AvgIpc) is 3.29. The zero-order valence-electron chi connectivity index (χ0n) is 18.3. The molecule has 0 aliphatic heterocycles. The van der Waals surface area contributed by atoms with E-state index in [0.717, 1.165) is 24.3 Å². The van der Waals surface area contributed by atoms with Gasteiger partial charge in [0.2, 0.25) is 5.91 Å². The van der Waals surface area contributed by atoms with Crippen molar-refractivity contribution in [3.05, 3.63) is 77.3 Å². The molecule has 0 aliphatic rings. The van der Waals surface area contributed by atoms with E-state index in [1.807, 2.05) is 42.0 Å². The van der Waals surface area contributed by atoms with Crippen LogP contribution >= 0.6 is 11.6 Å². The van der Waals surface area contributed by atoms with Crippen LogP contribution in [0.1, 0.15) is 24.5 Å². The smallest absolute Gasteiger partial charge is 0.387 e. The van der Waals surface area contributed by atoms with E-state index in [1.54, 1.807) is 23.5 Å². The minimum absolute atomic E-state index is 0.0361. The topological polar surface area (TPSA) is 56.6 Å². The van der Waals surface area contributed by atoms with Gasteiger partial charge in [-0.05, 0) is 37.1 Å². The number of para-hydroxylation sites is 1. The summed E-state index contributed by atoms with van der Waals surface area (Å²) in [4.78, 5) is 19.0. The van der Waals surface area contributed by atoms with E-state index in [0.29, 0.717) is 25.3 Å². The van der Waals surface area contributed by atoms with Gasteiger partial charge in [-0.2, -0.15) is 8.78 Å². The van der Waals surface area contributed by atoms with Gasteiger partial charge in [-0.25, -0.2) is 4.98 Å². The summed E-state index contributed by atoms with van der Waals surface area (Å²) < 4.78 is 37.0. The summed E-state index contributed by atoms with van der Waals surface area (Å²) in [6, 6.07) is 12.0. The summed E-state index contributed by atoms with van der Waals surface area (Å²) in [7, 11) is 0. The van der Waals surface area contributed by atoms with Gasteiger partial charge in [0.05, 0.1) is 24.4 Å². The van der Waals surface area contributed by atoms with Gasteiger partial charge in [-0.1, -0.05) is 35.9 Å². The largest absolute Gasteiger partial charge is 0.494 e. The molecule has 0 aliphatic carbocycles. The highest BCUT2D eigenvalue weighted by atomic mass is 35.5. The Morgan fingerprint density at radius 3 is 2.73 bits per heavy atom. The number of aromatic nitrogens is 2. The van der Waals surface area contributed by atoms with Crippen molar-refractivity contribution in [3.8, 4) is 11.5 Å². The van der Waals surface area contributed by atoms with Crippen molar-refractivity contribution in [2.75, 3.05) is 13.2 Å². The quantitative estimate of drug-likeness (QED) is 0.360. The summed E-state index contributed by atoms with van der Waals surface area (Å²) in [5.41, 5.74) is 1.53. The highest BCUT2D eigenvalue weighted by molar-refractivity contribution is 6.32. The Morgan fingerprint density at radius 1 is 1.21 bits per heavy atom. The van der Waals surface area contributed by atoms with Crippen LogP contribution < -0.4 is 9.47 Å². The molecule has 1 aromatic heterocycles. The molecule has 0 unspecified atom stereocenters. The van der Waals surface area contributed by atoms with Gasteiger partial charge < -0.3 is 18.9 Å². The van der Waals surface area contributed by atoms with Crippen molar-refractivity contribution in [2.45, 2.75) is 39.5 Å². The number of carbonyl (C=O) groups is 1. The van der Waals surface area contributed by atoms with Crippen LogP contribution in [-0.2, 0) is 24.3 Å². The minimum Gasteiger partial charge on any atom is -0.494 e. The van der Waals surface area contributed by atoms with Gasteiger partial charge in [-0.3, -0.25) is 4.79 Å². The van der Waals surface area contributed by atoms with Gasteiger partial charge >= 0.3 is 6.61 Å². The molecule has 0 spiro atoms. The number of amides is 1. The first-order chi connectivity index (χ1) is 16.0. The second-order valence-electron chi connectivity index (χ2n) is 7.33. The van der Waals surface area contributed by atoms with E-state index in [-0.39, 0.29) is 23.1 Å². The standard InChI is InChI=1S/C24H26ClF2N3O3/c1-2-32-21-7-4-3-6-19(21)16-30(12-5-11-29-13-10-28-17-29)23(31)15-18-8-9-22(20(25)14-18)33-24(26)27/h3-4,6-10,13-14,17,24H,2,5,11-12,15-16H2,1H3. The van der Waals surface area contributed by atoms with Crippen LogP contribution in [0, 0.1) is 0 Å². The van der Waals surface area contributed by atoms with Crippen molar-refractivity contribution in [1.82, 2.24) is 14.5 Å². The van der Waals surface area contributed by atoms with Gasteiger partial charge in [0.1, 0.15) is 11.5 Å². The van der Waals surface area contributed by atoms with Crippen LogP contribution in [0.3, 0.4) is 0 Å². The Bertz CT molecular complexity index is 1030. The summed E-state index contributed by atoms with van der Waals surface area (Å²) in [6.45, 7) is 1.11.